The Bertz CT molecular complexity index is 1030. The molecule has 3 N–H and O–H groups in total. The third-order valence-electron chi connectivity index (χ3n) is 3.81. The van der Waals surface area contributed by atoms with Crippen LogP contribution in [0.5, 0.6) is 11.5 Å². The largest absolute Gasteiger partial charge is 0.504 e. The van der Waals surface area contributed by atoms with E-state index in [0.29, 0.717) is 21.3 Å². The van der Waals surface area contributed by atoms with Crippen LogP contribution >= 0.6 is 11.8 Å². The van der Waals surface area contributed by atoms with Gasteiger partial charge >= 0.3 is 5.97 Å². The third-order valence-corrected chi connectivity index (χ3v) is 4.82. The van der Waals surface area contributed by atoms with Crippen molar-refractivity contribution >= 4 is 40.6 Å². The van der Waals surface area contributed by atoms with Crippen LogP contribution in [0.1, 0.15) is 15.9 Å². The maximum atomic E-state index is 12.7. The molecule has 0 radical (unpaired) electrons. The maximum absolute atomic E-state index is 12.7. The van der Waals surface area contributed by atoms with Gasteiger partial charge in [0.05, 0.1) is 16.2 Å². The number of carbonyl (C=O) groups is 2. The zero-order valence-electron chi connectivity index (χ0n) is 14.6. The molecule has 0 spiro atoms. The lowest BCUT2D eigenvalue weighted by atomic mass is 10.2. The van der Waals surface area contributed by atoms with Crippen LogP contribution < -0.4 is 0 Å². The molecule has 8 heteroatoms. The van der Waals surface area contributed by atoms with Gasteiger partial charge in [-0.1, -0.05) is 18.2 Å². The molecule has 0 aliphatic carbocycles. The van der Waals surface area contributed by atoms with Crippen LogP contribution in [0.4, 0.5) is 5.69 Å². The van der Waals surface area contributed by atoms with Crippen molar-refractivity contribution in [2.45, 2.75) is 0 Å². The summed E-state index contributed by atoms with van der Waals surface area (Å²) in [6.07, 6.45) is 3.15. The summed E-state index contributed by atoms with van der Waals surface area (Å²) < 4.78 is 0. The molecule has 7 nitrogen and oxygen atoms in total. The summed E-state index contributed by atoms with van der Waals surface area (Å²) in [6, 6.07) is 10.4. The first-order valence-corrected chi connectivity index (χ1v) is 8.97. The average molecular weight is 396 g/mol. The molecule has 1 heterocycles. The minimum absolute atomic E-state index is 0.0989. The van der Waals surface area contributed by atoms with Crippen LogP contribution in [0, 0.1) is 0 Å². The normalized spacial score (nSPS) is 16.7. The fourth-order valence-corrected chi connectivity index (χ4v) is 3.49. The highest BCUT2D eigenvalue weighted by atomic mass is 32.2. The topological polar surface area (TPSA) is 110 Å². The Morgan fingerprint density at radius 2 is 1.96 bits per heavy atom. The number of carboxylic acids is 1. The summed E-state index contributed by atoms with van der Waals surface area (Å²) in [5.74, 6) is -1.88. The number of amides is 1. The number of aromatic hydroxyl groups is 2. The van der Waals surface area contributed by atoms with Gasteiger partial charge in [0.25, 0.3) is 5.91 Å². The van der Waals surface area contributed by atoms with Gasteiger partial charge < -0.3 is 15.3 Å². The molecule has 1 saturated heterocycles. The van der Waals surface area contributed by atoms with Gasteiger partial charge in [0.2, 0.25) is 0 Å². The Labute approximate surface area is 165 Å². The van der Waals surface area contributed by atoms with Gasteiger partial charge in [-0.2, -0.15) is 0 Å². The molecule has 2 aromatic rings. The molecule has 28 heavy (non-hydrogen) atoms. The van der Waals surface area contributed by atoms with Gasteiger partial charge in [-0.25, -0.2) is 9.79 Å². The van der Waals surface area contributed by atoms with Gasteiger partial charge in [-0.05, 0) is 53.7 Å². The number of amidine groups is 1. The van der Waals surface area contributed by atoms with E-state index in [4.69, 9.17) is 5.11 Å². The summed E-state index contributed by atoms with van der Waals surface area (Å²) in [5.41, 5.74) is 1.05. The van der Waals surface area contributed by atoms with E-state index in [2.05, 4.69) is 11.6 Å². The van der Waals surface area contributed by atoms with E-state index in [9.17, 15) is 19.8 Å². The molecule has 2 aromatic carbocycles. The van der Waals surface area contributed by atoms with Gasteiger partial charge in [-0.15, -0.1) is 6.58 Å². The van der Waals surface area contributed by atoms with E-state index in [1.54, 1.807) is 30.4 Å². The van der Waals surface area contributed by atoms with Crippen molar-refractivity contribution < 1.29 is 24.9 Å². The number of nitrogens with zero attached hydrogens (tertiary/aromatic N) is 2. The van der Waals surface area contributed by atoms with E-state index in [1.807, 2.05) is 0 Å². The number of benzene rings is 2. The lowest BCUT2D eigenvalue weighted by molar-refractivity contribution is -0.121. The lowest BCUT2D eigenvalue weighted by Crippen LogP contribution is -2.29. The molecule has 0 unspecified atom stereocenters. The number of carbonyl (C=O) groups excluding carboxylic acids is 1. The Balaban J connectivity index is 1.97. The smallest absolute Gasteiger partial charge is 0.335 e. The zero-order valence-corrected chi connectivity index (χ0v) is 15.4. The molecule has 0 aromatic heterocycles. The first-order chi connectivity index (χ1) is 13.4. The highest BCUT2D eigenvalue weighted by molar-refractivity contribution is 8.18. The van der Waals surface area contributed by atoms with Crippen molar-refractivity contribution in [2.75, 3.05) is 6.54 Å². The van der Waals surface area contributed by atoms with E-state index < -0.39 is 5.97 Å². The molecule has 1 fully saturated rings. The van der Waals surface area contributed by atoms with Gasteiger partial charge in [0, 0.05) is 6.54 Å². The minimum atomic E-state index is -1.06. The summed E-state index contributed by atoms with van der Waals surface area (Å²) >= 11 is 1.13. The van der Waals surface area contributed by atoms with Gasteiger partial charge in [-0.3, -0.25) is 9.69 Å². The van der Waals surface area contributed by atoms with E-state index >= 15 is 0 Å². The van der Waals surface area contributed by atoms with Crippen molar-refractivity contribution in [3.63, 3.8) is 0 Å². The number of aliphatic imine (C=N–C) groups is 1. The predicted octanol–water partition coefficient (Wildman–Crippen LogP) is 3.59. The molecule has 1 aliphatic rings. The second-order valence-electron chi connectivity index (χ2n) is 5.81. The zero-order chi connectivity index (χ0) is 20.3. The Hall–Kier alpha value is -3.52. The molecule has 0 saturated carbocycles. The number of hydrogen-bond donors (Lipinski definition) is 3. The fraction of sp³-hybridized carbons (Fsp3) is 0.0500. The fourth-order valence-electron chi connectivity index (χ4n) is 2.48. The number of thioether (sulfide) groups is 1. The van der Waals surface area contributed by atoms with Crippen molar-refractivity contribution in [3.05, 3.63) is 71.2 Å². The van der Waals surface area contributed by atoms with Crippen LogP contribution in [0.15, 0.2) is 65.0 Å². The Morgan fingerprint density at radius 1 is 1.18 bits per heavy atom. The van der Waals surface area contributed by atoms with Crippen molar-refractivity contribution in [2.24, 2.45) is 4.99 Å². The number of aromatic carboxylic acids is 1. The molecule has 0 atom stereocenters. The van der Waals surface area contributed by atoms with Crippen LogP contribution in [0.25, 0.3) is 6.08 Å². The second kappa shape index (κ2) is 8.01. The SMILES string of the molecule is C=CCN1C(=O)/C(=C/c2ccc(O)c(O)c2)SC1=Nc1cccc(C(=O)O)c1. The molecule has 0 bridgehead atoms. The van der Waals surface area contributed by atoms with Crippen molar-refractivity contribution in [1.82, 2.24) is 4.90 Å². The second-order valence-corrected chi connectivity index (χ2v) is 6.82. The predicted molar refractivity (Wildman–Crippen MR) is 108 cm³/mol. The number of hydrogen-bond acceptors (Lipinski definition) is 6. The highest BCUT2D eigenvalue weighted by Gasteiger charge is 2.32. The molecule has 3 rings (SSSR count). The quantitative estimate of drug-likeness (QED) is 0.405. The van der Waals surface area contributed by atoms with Crippen LogP contribution in [0.3, 0.4) is 0 Å². The van der Waals surface area contributed by atoms with Crippen molar-refractivity contribution in [1.29, 1.82) is 0 Å². The summed E-state index contributed by atoms with van der Waals surface area (Å²) in [5, 5.41) is 28.5. The molecular weight excluding hydrogens is 380 g/mol. The number of rotatable bonds is 5. The Kier molecular flexibility index (Phi) is 5.51. The number of carboxylic acid groups (broad SMARTS) is 1. The number of phenolic OH excluding ortho intramolecular Hbond substituents is 2. The summed E-state index contributed by atoms with van der Waals surface area (Å²) in [6.45, 7) is 3.89. The molecule has 1 amide bonds. The van der Waals surface area contributed by atoms with E-state index in [0.717, 1.165) is 11.8 Å². The maximum Gasteiger partial charge on any atom is 0.335 e. The first kappa shape index (κ1) is 19.2. The van der Waals surface area contributed by atoms with E-state index in [1.165, 1.54) is 29.2 Å². The summed E-state index contributed by atoms with van der Waals surface area (Å²) in [4.78, 5) is 30.1. The summed E-state index contributed by atoms with van der Waals surface area (Å²) in [7, 11) is 0. The first-order valence-electron chi connectivity index (χ1n) is 8.15. The van der Waals surface area contributed by atoms with Crippen LogP contribution in [0.2, 0.25) is 0 Å². The van der Waals surface area contributed by atoms with Crippen LogP contribution in [-0.2, 0) is 4.79 Å². The highest BCUT2D eigenvalue weighted by Crippen LogP contribution is 2.35. The lowest BCUT2D eigenvalue weighted by Gasteiger charge is -2.12. The van der Waals surface area contributed by atoms with Crippen molar-refractivity contribution in [3.8, 4) is 11.5 Å². The molecule has 1 aliphatic heterocycles. The molecule has 142 valence electrons. The average Bonchev–Trinajstić information content (AvgIpc) is 2.94. The Morgan fingerprint density at radius 3 is 2.64 bits per heavy atom. The molecular formula is C20H16N2O5S. The minimum Gasteiger partial charge on any atom is -0.504 e. The third kappa shape index (κ3) is 4.07. The number of phenols is 2. The van der Waals surface area contributed by atoms with Gasteiger partial charge in [0.15, 0.2) is 16.7 Å². The monoisotopic (exact) mass is 396 g/mol. The van der Waals surface area contributed by atoms with Crippen LogP contribution in [-0.4, -0.2) is 43.8 Å². The standard InChI is InChI=1S/C20H16N2O5S/c1-2-8-22-18(25)17(10-12-6-7-15(23)16(24)9-12)28-20(22)21-14-5-3-4-13(11-14)19(26)27/h2-7,9-11,23-24H,1,8H2,(H,26,27)/b17-10-,21-20?. The van der Waals surface area contributed by atoms with Gasteiger partial charge in [0.1, 0.15) is 0 Å². The van der Waals surface area contributed by atoms with E-state index in [-0.39, 0.29) is 29.5 Å².